The van der Waals surface area contributed by atoms with E-state index in [1.165, 1.54) is 6.92 Å². The van der Waals surface area contributed by atoms with Crippen LogP contribution in [0.5, 0.6) is 0 Å². The van der Waals surface area contributed by atoms with E-state index in [4.69, 9.17) is 0 Å². The average molecular weight is 108 g/mol. The van der Waals surface area contributed by atoms with Crippen LogP contribution in [0.2, 0.25) is 0 Å². The molecule has 0 aromatic heterocycles. The van der Waals surface area contributed by atoms with E-state index in [-0.39, 0.29) is 6.42 Å². The lowest BCUT2D eigenvalue weighted by molar-refractivity contribution is 0.178. The van der Waals surface area contributed by atoms with Crippen molar-refractivity contribution in [3.63, 3.8) is 0 Å². The number of rotatable bonds is 2. The Labute approximate surface area is 42.5 Å². The highest BCUT2D eigenvalue weighted by Crippen LogP contribution is 2.05. The minimum Gasteiger partial charge on any atom is -0.245 e. The zero-order valence-electron chi connectivity index (χ0n) is 4.62. The lowest BCUT2D eigenvalue weighted by Crippen LogP contribution is -2.10. The molecule has 0 aromatic rings. The summed E-state index contributed by atoms with van der Waals surface area (Å²) in [6.45, 7) is 2.86. The molecule has 0 saturated carbocycles. The molecular weight excluding hydrogens is 98.1 g/mol. The maximum absolute atomic E-state index is 11.9. The van der Waals surface area contributed by atoms with Crippen LogP contribution in [0.3, 0.4) is 0 Å². The molecule has 0 rings (SSSR count). The van der Waals surface area contributed by atoms with Crippen LogP contribution in [0.15, 0.2) is 0 Å². The number of hydrogen-bond donors (Lipinski definition) is 0. The van der Waals surface area contributed by atoms with Crippen LogP contribution < -0.4 is 0 Å². The molecule has 2 atom stereocenters. The van der Waals surface area contributed by atoms with Gasteiger partial charge in [0, 0.05) is 0 Å². The normalized spacial score (nSPS) is 18.9. The second kappa shape index (κ2) is 2.94. The lowest BCUT2D eigenvalue weighted by atomic mass is 10.2. The molecule has 44 valence electrons. The second-order valence-corrected chi connectivity index (χ2v) is 1.60. The van der Waals surface area contributed by atoms with Gasteiger partial charge in [0.25, 0.3) is 0 Å². The summed E-state index contributed by atoms with van der Waals surface area (Å²) in [6, 6.07) is 0. The van der Waals surface area contributed by atoms with E-state index in [0.717, 1.165) is 0 Å². The van der Waals surface area contributed by atoms with Crippen molar-refractivity contribution >= 4 is 0 Å². The Bertz CT molecular complexity index is 43.3. The lowest BCUT2D eigenvalue weighted by Gasteiger charge is -2.02. The molecule has 7 heavy (non-hydrogen) atoms. The summed E-state index contributed by atoms with van der Waals surface area (Å²) in [4.78, 5) is 0. The van der Waals surface area contributed by atoms with Gasteiger partial charge in [0.2, 0.25) is 0 Å². The molecule has 0 aliphatic carbocycles. The SMILES string of the molecule is CC[C@@H](F)C(C)F. The quantitative estimate of drug-likeness (QED) is 0.508. The summed E-state index contributed by atoms with van der Waals surface area (Å²) in [7, 11) is 0. The Kier molecular flexibility index (Phi) is 2.88. The Hall–Kier alpha value is -0.140. The topological polar surface area (TPSA) is 0 Å². The summed E-state index contributed by atoms with van der Waals surface area (Å²) in [5.41, 5.74) is 0. The average Bonchev–Trinajstić information content (AvgIpc) is 1.65. The van der Waals surface area contributed by atoms with E-state index in [1.807, 2.05) is 0 Å². The Morgan fingerprint density at radius 1 is 1.43 bits per heavy atom. The van der Waals surface area contributed by atoms with Crippen LogP contribution in [0.1, 0.15) is 20.3 Å². The monoisotopic (exact) mass is 108 g/mol. The van der Waals surface area contributed by atoms with Gasteiger partial charge in [-0.3, -0.25) is 0 Å². The molecule has 0 nitrogen and oxygen atoms in total. The van der Waals surface area contributed by atoms with Crippen LogP contribution in [-0.4, -0.2) is 12.3 Å². The maximum Gasteiger partial charge on any atom is 0.131 e. The molecule has 0 spiro atoms. The van der Waals surface area contributed by atoms with Gasteiger partial charge >= 0.3 is 0 Å². The van der Waals surface area contributed by atoms with E-state index < -0.39 is 12.3 Å². The van der Waals surface area contributed by atoms with Crippen LogP contribution in [0.4, 0.5) is 8.78 Å². The first-order chi connectivity index (χ1) is 3.18. The molecule has 2 heteroatoms. The third-order valence-electron chi connectivity index (χ3n) is 0.888. The van der Waals surface area contributed by atoms with Crippen molar-refractivity contribution in [2.75, 3.05) is 0 Å². The van der Waals surface area contributed by atoms with Crippen molar-refractivity contribution in [3.05, 3.63) is 0 Å². The molecule has 0 N–H and O–H groups in total. The maximum atomic E-state index is 11.9. The van der Waals surface area contributed by atoms with Gasteiger partial charge in [0.05, 0.1) is 0 Å². The van der Waals surface area contributed by atoms with Crippen LogP contribution in [0, 0.1) is 0 Å². The third kappa shape index (κ3) is 2.54. The smallest absolute Gasteiger partial charge is 0.131 e. The Morgan fingerprint density at radius 3 is 1.86 bits per heavy atom. The fraction of sp³-hybridized carbons (Fsp3) is 1.00. The molecule has 0 heterocycles. The van der Waals surface area contributed by atoms with E-state index in [2.05, 4.69) is 0 Å². The molecule has 0 aliphatic heterocycles. The molecule has 0 aliphatic rings. The highest BCUT2D eigenvalue weighted by atomic mass is 19.2. The molecule has 0 aromatic carbocycles. The van der Waals surface area contributed by atoms with Crippen LogP contribution in [0.25, 0.3) is 0 Å². The van der Waals surface area contributed by atoms with Crippen LogP contribution in [-0.2, 0) is 0 Å². The van der Waals surface area contributed by atoms with Gasteiger partial charge in [-0.1, -0.05) is 6.92 Å². The van der Waals surface area contributed by atoms with Gasteiger partial charge in [0.1, 0.15) is 12.3 Å². The highest BCUT2D eigenvalue weighted by Gasteiger charge is 2.10. The standard InChI is InChI=1S/C5H10F2/c1-3-5(7)4(2)6/h4-5H,3H2,1-2H3/t4?,5-/m1/s1. The van der Waals surface area contributed by atoms with Gasteiger partial charge in [-0.15, -0.1) is 0 Å². The summed E-state index contributed by atoms with van der Waals surface area (Å²) in [5.74, 6) is 0. The predicted molar refractivity (Wildman–Crippen MR) is 25.8 cm³/mol. The van der Waals surface area contributed by atoms with E-state index >= 15 is 0 Å². The van der Waals surface area contributed by atoms with Crippen molar-refractivity contribution in [3.8, 4) is 0 Å². The minimum absolute atomic E-state index is 0.275. The number of alkyl halides is 2. The van der Waals surface area contributed by atoms with Crippen molar-refractivity contribution < 1.29 is 8.78 Å². The van der Waals surface area contributed by atoms with E-state index in [0.29, 0.717) is 0 Å². The third-order valence-corrected chi connectivity index (χ3v) is 0.888. The first-order valence-electron chi connectivity index (χ1n) is 2.46. The first-order valence-corrected chi connectivity index (χ1v) is 2.46. The van der Waals surface area contributed by atoms with Gasteiger partial charge < -0.3 is 0 Å². The van der Waals surface area contributed by atoms with E-state index in [1.54, 1.807) is 6.92 Å². The summed E-state index contributed by atoms with van der Waals surface area (Å²) < 4.78 is 23.6. The molecule has 0 radical (unpaired) electrons. The fourth-order valence-corrected chi connectivity index (χ4v) is 0.325. The Morgan fingerprint density at radius 2 is 1.86 bits per heavy atom. The summed E-state index contributed by atoms with van der Waals surface area (Å²) >= 11 is 0. The van der Waals surface area contributed by atoms with Crippen molar-refractivity contribution in [1.29, 1.82) is 0 Å². The van der Waals surface area contributed by atoms with Gasteiger partial charge in [0.15, 0.2) is 0 Å². The summed E-state index contributed by atoms with van der Waals surface area (Å²) in [6.07, 6.45) is -2.29. The Balaban J connectivity index is 3.14. The zero-order chi connectivity index (χ0) is 5.86. The predicted octanol–water partition coefficient (Wildman–Crippen LogP) is 2.09. The van der Waals surface area contributed by atoms with Gasteiger partial charge in [-0.05, 0) is 13.3 Å². The minimum atomic E-state index is -1.30. The first kappa shape index (κ1) is 6.86. The highest BCUT2D eigenvalue weighted by molar-refractivity contribution is 4.58. The largest absolute Gasteiger partial charge is 0.245 e. The number of halogens is 2. The van der Waals surface area contributed by atoms with E-state index in [9.17, 15) is 8.78 Å². The van der Waals surface area contributed by atoms with Crippen molar-refractivity contribution in [2.24, 2.45) is 0 Å². The fourth-order valence-electron chi connectivity index (χ4n) is 0.325. The van der Waals surface area contributed by atoms with Gasteiger partial charge in [-0.25, -0.2) is 8.78 Å². The molecule has 0 amide bonds. The molecule has 0 fully saturated rings. The molecule has 0 saturated heterocycles. The molecule has 1 unspecified atom stereocenters. The summed E-state index contributed by atoms with van der Waals surface area (Å²) in [5, 5.41) is 0. The van der Waals surface area contributed by atoms with Crippen molar-refractivity contribution in [2.45, 2.75) is 32.6 Å². The van der Waals surface area contributed by atoms with Crippen molar-refractivity contribution in [1.82, 2.24) is 0 Å². The second-order valence-electron chi connectivity index (χ2n) is 1.60. The van der Waals surface area contributed by atoms with Crippen LogP contribution >= 0.6 is 0 Å². The molecule has 0 bridgehead atoms. The zero-order valence-corrected chi connectivity index (χ0v) is 4.62. The molecular formula is C5H10F2. The number of hydrogen-bond acceptors (Lipinski definition) is 0. The van der Waals surface area contributed by atoms with Gasteiger partial charge in [-0.2, -0.15) is 0 Å².